The fraction of sp³-hybridized carbons (Fsp3) is 0.375. The minimum absolute atomic E-state index is 0. The first-order valence-electron chi connectivity index (χ1n) is 7.36. The maximum atomic E-state index is 12.9. The molecular weight excluding hydrogens is 426 g/mol. The van der Waals surface area contributed by atoms with E-state index in [0.717, 1.165) is 11.3 Å². The molecule has 0 saturated heterocycles. The first-order valence-corrected chi connectivity index (χ1v) is 7.36. The van der Waals surface area contributed by atoms with E-state index in [4.69, 9.17) is 9.15 Å². The topological polar surface area (TPSA) is 71.7 Å². The van der Waals surface area contributed by atoms with Gasteiger partial charge in [-0.15, -0.1) is 24.0 Å². The lowest BCUT2D eigenvalue weighted by Crippen LogP contribution is -2.39. The number of rotatable bonds is 7. The van der Waals surface area contributed by atoms with E-state index in [9.17, 15) is 4.39 Å². The number of methoxy groups -OCH3 is 1. The van der Waals surface area contributed by atoms with Gasteiger partial charge in [0.2, 0.25) is 5.89 Å². The Morgan fingerprint density at radius 1 is 1.25 bits per heavy atom. The Morgan fingerprint density at radius 2 is 1.96 bits per heavy atom. The Labute approximate surface area is 157 Å². The summed E-state index contributed by atoms with van der Waals surface area (Å²) in [7, 11) is 3.37. The molecule has 6 nitrogen and oxygen atoms in total. The third-order valence-electron chi connectivity index (χ3n) is 3.14. The summed E-state index contributed by atoms with van der Waals surface area (Å²) in [5.41, 5.74) is 1.58. The van der Waals surface area contributed by atoms with Gasteiger partial charge in [0.25, 0.3) is 0 Å². The molecule has 0 atom stereocenters. The molecule has 0 radical (unpaired) electrons. The van der Waals surface area contributed by atoms with Crippen molar-refractivity contribution in [2.75, 3.05) is 33.9 Å². The van der Waals surface area contributed by atoms with Gasteiger partial charge in [0.15, 0.2) is 5.96 Å². The van der Waals surface area contributed by atoms with Gasteiger partial charge in [-0.05, 0) is 24.3 Å². The molecule has 0 unspecified atom stereocenters. The van der Waals surface area contributed by atoms with E-state index in [1.165, 1.54) is 12.1 Å². The first kappa shape index (κ1) is 20.4. The van der Waals surface area contributed by atoms with Gasteiger partial charge in [0.1, 0.15) is 12.1 Å². The summed E-state index contributed by atoms with van der Waals surface area (Å²) in [4.78, 5) is 8.51. The highest BCUT2D eigenvalue weighted by Gasteiger charge is 2.07. The molecule has 2 aromatic rings. The van der Waals surface area contributed by atoms with E-state index >= 15 is 0 Å². The molecule has 24 heavy (non-hydrogen) atoms. The quantitative estimate of drug-likeness (QED) is 0.295. The summed E-state index contributed by atoms with van der Waals surface area (Å²) in [6, 6.07) is 6.06. The molecule has 0 aliphatic heterocycles. The van der Waals surface area contributed by atoms with Crippen LogP contribution in [0, 0.1) is 5.82 Å². The number of nitrogens with zero attached hydrogens (tertiary/aromatic N) is 2. The molecule has 0 spiro atoms. The molecule has 2 N–H and O–H groups in total. The number of halogens is 2. The Balaban J connectivity index is 0.00000288. The van der Waals surface area contributed by atoms with Gasteiger partial charge in [-0.3, -0.25) is 4.99 Å². The summed E-state index contributed by atoms with van der Waals surface area (Å²) >= 11 is 0. The molecule has 0 aliphatic carbocycles. The number of hydrogen-bond donors (Lipinski definition) is 2. The van der Waals surface area contributed by atoms with E-state index in [-0.39, 0.29) is 29.8 Å². The van der Waals surface area contributed by atoms with E-state index in [2.05, 4.69) is 20.6 Å². The van der Waals surface area contributed by atoms with Crippen molar-refractivity contribution in [3.8, 4) is 11.5 Å². The Hall–Kier alpha value is -1.68. The lowest BCUT2D eigenvalue weighted by atomic mass is 10.2. The zero-order chi connectivity index (χ0) is 16.5. The van der Waals surface area contributed by atoms with Crippen LogP contribution in [0.25, 0.3) is 11.5 Å². The molecule has 8 heteroatoms. The SMILES string of the molecule is CN=C(NCCOC)NCCc1coc(-c2ccc(F)cc2)n1.I. The molecule has 0 aliphatic rings. The lowest BCUT2D eigenvalue weighted by Gasteiger charge is -2.10. The zero-order valence-electron chi connectivity index (χ0n) is 13.7. The lowest BCUT2D eigenvalue weighted by molar-refractivity contribution is 0.203. The summed E-state index contributed by atoms with van der Waals surface area (Å²) in [5.74, 6) is 0.920. The minimum atomic E-state index is -0.280. The monoisotopic (exact) mass is 448 g/mol. The summed E-state index contributed by atoms with van der Waals surface area (Å²) in [6.45, 7) is 1.97. The molecule has 1 aromatic carbocycles. The molecule has 0 amide bonds. The smallest absolute Gasteiger partial charge is 0.226 e. The van der Waals surface area contributed by atoms with Crippen molar-refractivity contribution in [2.45, 2.75) is 6.42 Å². The number of aliphatic imine (C=N–C) groups is 1. The van der Waals surface area contributed by atoms with Crippen LogP contribution in [-0.2, 0) is 11.2 Å². The molecule has 2 rings (SSSR count). The van der Waals surface area contributed by atoms with Gasteiger partial charge in [0, 0.05) is 39.2 Å². The van der Waals surface area contributed by atoms with Crippen LogP contribution in [0.15, 0.2) is 39.9 Å². The van der Waals surface area contributed by atoms with Crippen LogP contribution in [0.2, 0.25) is 0 Å². The van der Waals surface area contributed by atoms with Crippen molar-refractivity contribution in [3.05, 3.63) is 42.0 Å². The summed E-state index contributed by atoms with van der Waals surface area (Å²) in [5, 5.41) is 6.31. The largest absolute Gasteiger partial charge is 0.444 e. The van der Waals surface area contributed by atoms with Crippen LogP contribution in [0.4, 0.5) is 4.39 Å². The van der Waals surface area contributed by atoms with Gasteiger partial charge in [-0.2, -0.15) is 0 Å². The molecule has 0 fully saturated rings. The Morgan fingerprint density at radius 3 is 2.62 bits per heavy atom. The highest BCUT2D eigenvalue weighted by molar-refractivity contribution is 14.0. The number of nitrogens with one attached hydrogen (secondary N) is 2. The summed E-state index contributed by atoms with van der Waals surface area (Å²) in [6.07, 6.45) is 2.30. The highest BCUT2D eigenvalue weighted by atomic mass is 127. The van der Waals surface area contributed by atoms with Gasteiger partial charge >= 0.3 is 0 Å². The van der Waals surface area contributed by atoms with Crippen LogP contribution in [0.3, 0.4) is 0 Å². The normalized spacial score (nSPS) is 11.0. The van der Waals surface area contributed by atoms with Crippen molar-refractivity contribution in [1.82, 2.24) is 15.6 Å². The van der Waals surface area contributed by atoms with Crippen molar-refractivity contribution in [1.29, 1.82) is 0 Å². The second-order valence-corrected chi connectivity index (χ2v) is 4.82. The average Bonchev–Trinajstić information content (AvgIpc) is 3.03. The van der Waals surface area contributed by atoms with E-state index in [0.29, 0.717) is 38.0 Å². The number of ether oxygens (including phenoxy) is 1. The van der Waals surface area contributed by atoms with Crippen LogP contribution in [0.1, 0.15) is 5.69 Å². The minimum Gasteiger partial charge on any atom is -0.444 e. The van der Waals surface area contributed by atoms with Gasteiger partial charge in [-0.1, -0.05) is 0 Å². The standard InChI is InChI=1S/C16H21FN4O2.HI/c1-18-16(20-9-10-22-2)19-8-7-14-11-23-15(21-14)12-3-5-13(17)6-4-12;/h3-6,11H,7-10H2,1-2H3,(H2,18,19,20);1H. The zero-order valence-corrected chi connectivity index (χ0v) is 16.0. The molecule has 1 aromatic heterocycles. The van der Waals surface area contributed by atoms with Gasteiger partial charge < -0.3 is 19.8 Å². The maximum absolute atomic E-state index is 12.9. The predicted molar refractivity (Wildman–Crippen MR) is 102 cm³/mol. The number of aromatic nitrogens is 1. The molecule has 132 valence electrons. The molecule has 0 saturated carbocycles. The van der Waals surface area contributed by atoms with Crippen molar-refractivity contribution >= 4 is 29.9 Å². The number of oxazole rings is 1. The molecule has 0 bridgehead atoms. The predicted octanol–water partition coefficient (Wildman–Crippen LogP) is 2.45. The molecule has 1 heterocycles. The third-order valence-corrected chi connectivity index (χ3v) is 3.14. The second kappa shape index (κ2) is 11.0. The van der Waals surface area contributed by atoms with E-state index in [1.54, 1.807) is 32.6 Å². The summed E-state index contributed by atoms with van der Waals surface area (Å²) < 4.78 is 23.3. The number of hydrogen-bond acceptors (Lipinski definition) is 4. The van der Waals surface area contributed by atoms with Crippen molar-refractivity contribution < 1.29 is 13.5 Å². The van der Waals surface area contributed by atoms with Crippen LogP contribution < -0.4 is 10.6 Å². The van der Waals surface area contributed by atoms with Crippen LogP contribution in [0.5, 0.6) is 0 Å². The van der Waals surface area contributed by atoms with Crippen molar-refractivity contribution in [3.63, 3.8) is 0 Å². The second-order valence-electron chi connectivity index (χ2n) is 4.82. The third kappa shape index (κ3) is 6.44. The number of benzene rings is 1. The van der Waals surface area contributed by atoms with Crippen molar-refractivity contribution in [2.24, 2.45) is 4.99 Å². The van der Waals surface area contributed by atoms with Crippen LogP contribution >= 0.6 is 24.0 Å². The van der Waals surface area contributed by atoms with Gasteiger partial charge in [0.05, 0.1) is 12.3 Å². The fourth-order valence-electron chi connectivity index (χ4n) is 1.95. The van der Waals surface area contributed by atoms with Crippen LogP contribution in [-0.4, -0.2) is 44.8 Å². The first-order chi connectivity index (χ1) is 11.2. The molecular formula is C16H22FIN4O2. The average molecular weight is 448 g/mol. The maximum Gasteiger partial charge on any atom is 0.226 e. The van der Waals surface area contributed by atoms with E-state index in [1.807, 2.05) is 0 Å². The highest BCUT2D eigenvalue weighted by Crippen LogP contribution is 2.18. The Bertz CT molecular complexity index is 631. The van der Waals surface area contributed by atoms with E-state index < -0.39 is 0 Å². The Kier molecular flexibility index (Phi) is 9.31. The fourth-order valence-corrected chi connectivity index (χ4v) is 1.95. The number of guanidine groups is 1. The van der Waals surface area contributed by atoms with Gasteiger partial charge in [-0.25, -0.2) is 9.37 Å².